The van der Waals surface area contributed by atoms with Crippen LogP contribution in [0.25, 0.3) is 0 Å². The van der Waals surface area contributed by atoms with Gasteiger partial charge in [-0.3, -0.25) is 9.48 Å². The molecule has 3 heterocycles. The van der Waals surface area contributed by atoms with Gasteiger partial charge in [0.15, 0.2) is 9.84 Å². The Balaban J connectivity index is 1.46. The minimum Gasteiger partial charge on any atom is -0.366 e. The molecule has 0 radical (unpaired) electrons. The molecule has 2 fully saturated rings. The second-order valence-corrected chi connectivity index (χ2v) is 12.8. The predicted molar refractivity (Wildman–Crippen MR) is 126 cm³/mol. The van der Waals surface area contributed by atoms with Crippen LogP contribution in [0.4, 0.5) is 11.4 Å². The molecule has 12 heteroatoms. The molecule has 0 spiro atoms. The van der Waals surface area contributed by atoms with E-state index in [0.717, 1.165) is 17.1 Å². The van der Waals surface area contributed by atoms with Crippen molar-refractivity contribution >= 4 is 37.1 Å². The van der Waals surface area contributed by atoms with Gasteiger partial charge in [0.05, 0.1) is 39.5 Å². The molecule has 33 heavy (non-hydrogen) atoms. The molecule has 2 aliphatic heterocycles. The fourth-order valence-corrected chi connectivity index (χ4v) is 7.76. The molecule has 4 rings (SSSR count). The highest BCUT2D eigenvalue weighted by molar-refractivity contribution is 7.91. The second-order valence-electron chi connectivity index (χ2n) is 8.62. The van der Waals surface area contributed by atoms with E-state index in [-0.39, 0.29) is 28.4 Å². The van der Waals surface area contributed by atoms with Crippen LogP contribution in [-0.2, 0) is 24.7 Å². The Hall–Kier alpha value is -2.44. The fourth-order valence-electron chi connectivity index (χ4n) is 4.65. The number of nitrogens with one attached hydrogen (secondary N) is 1. The molecule has 0 saturated carbocycles. The van der Waals surface area contributed by atoms with Crippen LogP contribution in [0.1, 0.15) is 30.8 Å². The molecule has 1 unspecified atom stereocenters. The maximum absolute atomic E-state index is 13.1. The number of aromatic nitrogens is 2. The van der Waals surface area contributed by atoms with E-state index in [1.54, 1.807) is 12.1 Å². The first-order chi connectivity index (χ1) is 15.5. The number of carbonyl (C=O) groups is 1. The summed E-state index contributed by atoms with van der Waals surface area (Å²) in [5.74, 6) is 0.0830. The Morgan fingerprint density at radius 3 is 2.27 bits per heavy atom. The van der Waals surface area contributed by atoms with Gasteiger partial charge in [-0.15, -0.1) is 0 Å². The molecule has 180 valence electrons. The summed E-state index contributed by atoms with van der Waals surface area (Å²) in [4.78, 5) is 13.5. The lowest BCUT2D eigenvalue weighted by atomic mass is 10.2. The average molecular weight is 496 g/mol. The van der Waals surface area contributed by atoms with E-state index in [2.05, 4.69) is 15.3 Å². The summed E-state index contributed by atoms with van der Waals surface area (Å²) in [5, 5.41) is 7.25. The number of sulfone groups is 1. The van der Waals surface area contributed by atoms with E-state index in [0.29, 0.717) is 38.3 Å². The van der Waals surface area contributed by atoms with Gasteiger partial charge in [-0.25, -0.2) is 16.8 Å². The van der Waals surface area contributed by atoms with Crippen molar-refractivity contribution in [2.75, 3.05) is 47.9 Å². The fraction of sp³-hybridized carbons (Fsp3) is 0.524. The number of aryl methyl sites for hydroxylation is 1. The van der Waals surface area contributed by atoms with Crippen molar-refractivity contribution in [1.29, 1.82) is 0 Å². The summed E-state index contributed by atoms with van der Waals surface area (Å²) < 4.78 is 53.3. The van der Waals surface area contributed by atoms with Crippen molar-refractivity contribution < 1.29 is 21.6 Å². The Kier molecular flexibility index (Phi) is 6.27. The molecule has 2 aliphatic rings. The van der Waals surface area contributed by atoms with E-state index in [4.69, 9.17) is 0 Å². The number of benzene rings is 1. The lowest BCUT2D eigenvalue weighted by Gasteiger charge is -2.35. The zero-order valence-corrected chi connectivity index (χ0v) is 20.6. The molecule has 0 bridgehead atoms. The van der Waals surface area contributed by atoms with Crippen molar-refractivity contribution in [3.05, 3.63) is 35.7 Å². The predicted octanol–water partition coefficient (Wildman–Crippen LogP) is 1.33. The van der Waals surface area contributed by atoms with Gasteiger partial charge in [0, 0.05) is 38.8 Å². The molecule has 1 aromatic heterocycles. The monoisotopic (exact) mass is 495 g/mol. The minimum absolute atomic E-state index is 0.112. The van der Waals surface area contributed by atoms with Crippen LogP contribution in [0, 0.1) is 13.8 Å². The molecule has 1 amide bonds. The first-order valence-electron chi connectivity index (χ1n) is 10.9. The number of piperazine rings is 1. The second kappa shape index (κ2) is 8.73. The third-order valence-electron chi connectivity index (χ3n) is 6.21. The van der Waals surface area contributed by atoms with Crippen LogP contribution in [0.3, 0.4) is 0 Å². The molecular formula is C21H29N5O5S2. The van der Waals surface area contributed by atoms with E-state index in [1.165, 1.54) is 23.4 Å². The summed E-state index contributed by atoms with van der Waals surface area (Å²) in [7, 11) is -6.66. The molecule has 2 aromatic rings. The number of hydrogen-bond acceptors (Lipinski definition) is 7. The normalized spacial score (nSPS) is 21.3. The summed E-state index contributed by atoms with van der Waals surface area (Å²) in [6, 6.07) is 6.01. The Morgan fingerprint density at radius 1 is 1.09 bits per heavy atom. The van der Waals surface area contributed by atoms with Gasteiger partial charge in [0.25, 0.3) is 0 Å². The molecule has 0 aliphatic carbocycles. The van der Waals surface area contributed by atoms with Crippen LogP contribution in [-0.4, -0.2) is 74.5 Å². The Bertz CT molecular complexity index is 1260. The van der Waals surface area contributed by atoms with Crippen LogP contribution >= 0.6 is 0 Å². The summed E-state index contributed by atoms with van der Waals surface area (Å²) in [6.45, 7) is 6.93. The lowest BCUT2D eigenvalue weighted by molar-refractivity contribution is -0.114. The number of anilines is 2. The molecule has 10 nitrogen and oxygen atoms in total. The number of rotatable bonds is 5. The van der Waals surface area contributed by atoms with Gasteiger partial charge >= 0.3 is 0 Å². The number of amides is 1. The third kappa shape index (κ3) is 4.78. The van der Waals surface area contributed by atoms with Crippen LogP contribution < -0.4 is 10.2 Å². The van der Waals surface area contributed by atoms with Gasteiger partial charge in [0.2, 0.25) is 15.9 Å². The molecule has 2 saturated heterocycles. The van der Waals surface area contributed by atoms with Crippen molar-refractivity contribution in [2.24, 2.45) is 0 Å². The summed E-state index contributed by atoms with van der Waals surface area (Å²) in [5.41, 5.74) is 3.24. The van der Waals surface area contributed by atoms with E-state index in [9.17, 15) is 21.6 Å². The zero-order chi connectivity index (χ0) is 24.0. The van der Waals surface area contributed by atoms with Crippen LogP contribution in [0.15, 0.2) is 29.2 Å². The third-order valence-corrected chi connectivity index (χ3v) is 9.87. The van der Waals surface area contributed by atoms with Crippen molar-refractivity contribution in [3.8, 4) is 0 Å². The number of nitrogens with zero attached hydrogens (tertiary/aromatic N) is 4. The molecule has 1 N–H and O–H groups in total. The van der Waals surface area contributed by atoms with E-state index in [1.807, 2.05) is 18.5 Å². The van der Waals surface area contributed by atoms with Gasteiger partial charge in [0.1, 0.15) is 0 Å². The average Bonchev–Trinajstić information content (AvgIpc) is 3.26. The maximum Gasteiger partial charge on any atom is 0.243 e. The Labute approximate surface area is 194 Å². The van der Waals surface area contributed by atoms with Crippen LogP contribution in [0.2, 0.25) is 0 Å². The Morgan fingerprint density at radius 2 is 1.73 bits per heavy atom. The highest BCUT2D eigenvalue weighted by atomic mass is 32.2. The van der Waals surface area contributed by atoms with Gasteiger partial charge in [-0.1, -0.05) is 0 Å². The molecular weight excluding hydrogens is 466 g/mol. The lowest BCUT2D eigenvalue weighted by Crippen LogP contribution is -2.49. The maximum atomic E-state index is 13.1. The summed E-state index contributed by atoms with van der Waals surface area (Å²) >= 11 is 0. The SMILES string of the molecule is CC(=O)Nc1ccc(S(=O)(=O)N2CCN(c3c(C)nn(C4CCS(=O)(=O)C4)c3C)CC2)cc1. The van der Waals surface area contributed by atoms with Crippen molar-refractivity contribution in [1.82, 2.24) is 14.1 Å². The highest BCUT2D eigenvalue weighted by Crippen LogP contribution is 2.32. The quantitative estimate of drug-likeness (QED) is 0.664. The van der Waals surface area contributed by atoms with Crippen LogP contribution in [0.5, 0.6) is 0 Å². The standard InChI is InChI=1S/C21H29N5O5S2/c1-15-21(16(2)26(23-15)19-8-13-32(28,29)14-19)24-9-11-25(12-10-24)33(30,31)20-6-4-18(5-7-20)22-17(3)27/h4-7,19H,8-14H2,1-3H3,(H,22,27). The minimum atomic E-state index is -3.65. The van der Waals surface area contributed by atoms with E-state index >= 15 is 0 Å². The number of hydrogen-bond donors (Lipinski definition) is 1. The largest absolute Gasteiger partial charge is 0.366 e. The molecule has 1 atom stereocenters. The highest BCUT2D eigenvalue weighted by Gasteiger charge is 2.34. The topological polar surface area (TPSA) is 122 Å². The zero-order valence-electron chi connectivity index (χ0n) is 19.0. The van der Waals surface area contributed by atoms with E-state index < -0.39 is 19.9 Å². The first-order valence-corrected chi connectivity index (χ1v) is 14.1. The number of sulfonamides is 1. The smallest absolute Gasteiger partial charge is 0.243 e. The number of carbonyl (C=O) groups excluding carboxylic acids is 1. The van der Waals surface area contributed by atoms with Gasteiger partial charge in [-0.2, -0.15) is 9.40 Å². The van der Waals surface area contributed by atoms with Crippen molar-refractivity contribution in [3.63, 3.8) is 0 Å². The van der Waals surface area contributed by atoms with Gasteiger partial charge in [-0.05, 0) is 44.5 Å². The van der Waals surface area contributed by atoms with Crippen molar-refractivity contribution in [2.45, 2.75) is 38.1 Å². The molecule has 1 aromatic carbocycles. The van der Waals surface area contributed by atoms with Gasteiger partial charge < -0.3 is 10.2 Å². The summed E-state index contributed by atoms with van der Waals surface area (Å²) in [6.07, 6.45) is 0.566. The first kappa shape index (κ1) is 23.7.